The van der Waals surface area contributed by atoms with Gasteiger partial charge in [0, 0.05) is 31.3 Å². The first kappa shape index (κ1) is 14.9. The van der Waals surface area contributed by atoms with E-state index in [4.69, 9.17) is 0 Å². The van der Waals surface area contributed by atoms with E-state index in [1.807, 2.05) is 19.1 Å². The van der Waals surface area contributed by atoms with Gasteiger partial charge in [0.2, 0.25) is 5.91 Å². The summed E-state index contributed by atoms with van der Waals surface area (Å²) in [7, 11) is 1.80. The number of aryl methyl sites for hydroxylation is 1. The highest BCUT2D eigenvalue weighted by Gasteiger charge is 2.13. The summed E-state index contributed by atoms with van der Waals surface area (Å²) in [5.74, 6) is 0.135. The second-order valence-corrected chi connectivity index (χ2v) is 5.79. The second kappa shape index (κ2) is 7.31. The SMILES string of the molecule is CCCCN(C)C(=O)CCC(=O)c1ccc(C)s1. The Balaban J connectivity index is 2.36. The van der Waals surface area contributed by atoms with E-state index in [1.54, 1.807) is 11.9 Å². The maximum absolute atomic E-state index is 11.8. The molecule has 0 saturated carbocycles. The summed E-state index contributed by atoms with van der Waals surface area (Å²) in [6.45, 7) is 4.85. The van der Waals surface area contributed by atoms with Gasteiger partial charge in [-0.2, -0.15) is 0 Å². The van der Waals surface area contributed by atoms with Crippen molar-refractivity contribution in [3.63, 3.8) is 0 Å². The summed E-state index contributed by atoms with van der Waals surface area (Å²) >= 11 is 1.50. The summed E-state index contributed by atoms with van der Waals surface area (Å²) in [5, 5.41) is 0. The summed E-state index contributed by atoms with van der Waals surface area (Å²) in [5.41, 5.74) is 0. The van der Waals surface area contributed by atoms with E-state index in [2.05, 4.69) is 6.92 Å². The van der Waals surface area contributed by atoms with Gasteiger partial charge in [-0.3, -0.25) is 9.59 Å². The standard InChI is InChI=1S/C14H21NO2S/c1-4-5-10-15(3)14(17)9-7-12(16)13-8-6-11(2)18-13/h6,8H,4-5,7,9-10H2,1-3H3. The van der Waals surface area contributed by atoms with E-state index in [0.29, 0.717) is 12.8 Å². The van der Waals surface area contributed by atoms with Crippen LogP contribution in [0, 0.1) is 6.92 Å². The van der Waals surface area contributed by atoms with E-state index >= 15 is 0 Å². The maximum atomic E-state index is 11.8. The van der Waals surface area contributed by atoms with E-state index in [-0.39, 0.29) is 11.7 Å². The molecule has 0 aliphatic carbocycles. The summed E-state index contributed by atoms with van der Waals surface area (Å²) in [6, 6.07) is 3.78. The molecule has 100 valence electrons. The van der Waals surface area contributed by atoms with Gasteiger partial charge in [0.15, 0.2) is 5.78 Å². The summed E-state index contributed by atoms with van der Waals surface area (Å²) in [6.07, 6.45) is 2.72. The Kier molecular flexibility index (Phi) is 6.05. The van der Waals surface area contributed by atoms with Crippen LogP contribution in [0.5, 0.6) is 0 Å². The minimum absolute atomic E-state index is 0.0603. The number of amides is 1. The van der Waals surface area contributed by atoms with Gasteiger partial charge in [-0.1, -0.05) is 13.3 Å². The van der Waals surface area contributed by atoms with E-state index in [1.165, 1.54) is 11.3 Å². The van der Waals surface area contributed by atoms with E-state index in [9.17, 15) is 9.59 Å². The lowest BCUT2D eigenvalue weighted by Gasteiger charge is -2.16. The number of hydrogen-bond acceptors (Lipinski definition) is 3. The minimum atomic E-state index is 0.0603. The Hall–Kier alpha value is -1.16. The number of thiophene rings is 1. The van der Waals surface area contributed by atoms with Crippen LogP contribution in [0.1, 0.15) is 47.2 Å². The maximum Gasteiger partial charge on any atom is 0.222 e. The smallest absolute Gasteiger partial charge is 0.222 e. The van der Waals surface area contributed by atoms with Crippen LogP contribution in [0.15, 0.2) is 12.1 Å². The molecule has 0 N–H and O–H groups in total. The highest BCUT2D eigenvalue weighted by Crippen LogP contribution is 2.17. The normalized spacial score (nSPS) is 10.4. The van der Waals surface area contributed by atoms with Crippen molar-refractivity contribution >= 4 is 23.0 Å². The number of Topliss-reactive ketones (excluding diaryl/α,β-unsaturated/α-hetero) is 1. The molecule has 1 amide bonds. The zero-order chi connectivity index (χ0) is 13.5. The first-order valence-corrected chi connectivity index (χ1v) is 7.19. The van der Waals surface area contributed by atoms with E-state index in [0.717, 1.165) is 29.1 Å². The first-order valence-electron chi connectivity index (χ1n) is 6.38. The van der Waals surface area contributed by atoms with Crippen LogP contribution in [0.2, 0.25) is 0 Å². The van der Waals surface area contributed by atoms with Crippen molar-refractivity contribution in [3.8, 4) is 0 Å². The largest absolute Gasteiger partial charge is 0.346 e. The molecule has 4 heteroatoms. The van der Waals surface area contributed by atoms with Gasteiger partial charge in [-0.15, -0.1) is 11.3 Å². The van der Waals surface area contributed by atoms with Gasteiger partial charge in [0.25, 0.3) is 0 Å². The van der Waals surface area contributed by atoms with Gasteiger partial charge in [-0.25, -0.2) is 0 Å². The molecule has 1 aromatic heterocycles. The van der Waals surface area contributed by atoms with Crippen LogP contribution in [-0.2, 0) is 4.79 Å². The molecular formula is C14H21NO2S. The Morgan fingerprint density at radius 3 is 2.56 bits per heavy atom. The first-order chi connectivity index (χ1) is 8.54. The number of unbranched alkanes of at least 4 members (excludes halogenated alkanes) is 1. The van der Waals surface area contributed by atoms with Crippen LogP contribution < -0.4 is 0 Å². The molecular weight excluding hydrogens is 246 g/mol. The molecule has 0 fully saturated rings. The Labute approximate surface area is 113 Å². The molecule has 0 aromatic carbocycles. The van der Waals surface area contributed by atoms with Crippen molar-refractivity contribution in [2.24, 2.45) is 0 Å². The average Bonchev–Trinajstić information content (AvgIpc) is 2.79. The second-order valence-electron chi connectivity index (χ2n) is 4.50. The molecule has 18 heavy (non-hydrogen) atoms. The minimum Gasteiger partial charge on any atom is -0.346 e. The van der Waals surface area contributed by atoms with Crippen molar-refractivity contribution in [1.29, 1.82) is 0 Å². The van der Waals surface area contributed by atoms with Crippen LogP contribution in [0.3, 0.4) is 0 Å². The lowest BCUT2D eigenvalue weighted by atomic mass is 10.2. The molecule has 0 unspecified atom stereocenters. The van der Waals surface area contributed by atoms with Gasteiger partial charge >= 0.3 is 0 Å². The van der Waals surface area contributed by atoms with Gasteiger partial charge in [0.05, 0.1) is 4.88 Å². The Morgan fingerprint density at radius 1 is 1.28 bits per heavy atom. The fraction of sp³-hybridized carbons (Fsp3) is 0.571. The Morgan fingerprint density at radius 2 is 2.00 bits per heavy atom. The fourth-order valence-corrected chi connectivity index (χ4v) is 2.47. The zero-order valence-corrected chi connectivity index (χ0v) is 12.2. The predicted octanol–water partition coefficient (Wildman–Crippen LogP) is 3.28. The lowest BCUT2D eigenvalue weighted by Crippen LogP contribution is -2.27. The van der Waals surface area contributed by atoms with Gasteiger partial charge in [-0.05, 0) is 25.5 Å². The monoisotopic (exact) mass is 267 g/mol. The molecule has 0 atom stereocenters. The summed E-state index contributed by atoms with van der Waals surface area (Å²) in [4.78, 5) is 27.2. The quantitative estimate of drug-likeness (QED) is 0.711. The molecule has 0 spiro atoms. The van der Waals surface area contributed by atoms with Crippen molar-refractivity contribution in [3.05, 3.63) is 21.9 Å². The van der Waals surface area contributed by atoms with Crippen molar-refractivity contribution in [2.45, 2.75) is 39.5 Å². The highest BCUT2D eigenvalue weighted by molar-refractivity contribution is 7.14. The van der Waals surface area contributed by atoms with Crippen LogP contribution in [0.4, 0.5) is 0 Å². The summed E-state index contributed by atoms with van der Waals surface area (Å²) < 4.78 is 0. The van der Waals surface area contributed by atoms with Crippen LogP contribution in [0.25, 0.3) is 0 Å². The highest BCUT2D eigenvalue weighted by atomic mass is 32.1. The van der Waals surface area contributed by atoms with Crippen LogP contribution >= 0.6 is 11.3 Å². The molecule has 0 aliphatic rings. The van der Waals surface area contributed by atoms with Crippen molar-refractivity contribution in [2.75, 3.05) is 13.6 Å². The third-order valence-electron chi connectivity index (χ3n) is 2.85. The topological polar surface area (TPSA) is 37.4 Å². The third-order valence-corrected chi connectivity index (χ3v) is 3.90. The van der Waals surface area contributed by atoms with Crippen LogP contribution in [-0.4, -0.2) is 30.2 Å². The molecule has 0 aliphatic heterocycles. The Bertz CT molecular complexity index is 412. The van der Waals surface area contributed by atoms with E-state index < -0.39 is 0 Å². The van der Waals surface area contributed by atoms with Gasteiger partial charge in [0.1, 0.15) is 0 Å². The number of nitrogens with zero attached hydrogens (tertiary/aromatic N) is 1. The third kappa shape index (κ3) is 4.61. The molecule has 1 aromatic rings. The number of rotatable bonds is 7. The number of ketones is 1. The van der Waals surface area contributed by atoms with Gasteiger partial charge < -0.3 is 4.90 Å². The van der Waals surface area contributed by atoms with Crippen molar-refractivity contribution in [1.82, 2.24) is 4.90 Å². The molecule has 0 radical (unpaired) electrons. The zero-order valence-electron chi connectivity index (χ0n) is 11.4. The number of carbonyl (C=O) groups is 2. The fourth-order valence-electron chi connectivity index (χ4n) is 1.64. The molecule has 0 bridgehead atoms. The predicted molar refractivity (Wildman–Crippen MR) is 75.2 cm³/mol. The number of hydrogen-bond donors (Lipinski definition) is 0. The lowest BCUT2D eigenvalue weighted by molar-refractivity contribution is -0.129. The van der Waals surface area contributed by atoms with Crippen molar-refractivity contribution < 1.29 is 9.59 Å². The molecule has 0 saturated heterocycles. The number of carbonyl (C=O) groups excluding carboxylic acids is 2. The molecule has 1 heterocycles. The molecule has 1 rings (SSSR count). The molecule has 3 nitrogen and oxygen atoms in total. The average molecular weight is 267 g/mol.